The predicted octanol–water partition coefficient (Wildman–Crippen LogP) is 1.44. The molecule has 0 aromatic carbocycles. The zero-order chi connectivity index (χ0) is 9.10. The Morgan fingerprint density at radius 3 is 3.08 bits per heavy atom. The molecule has 64 valence electrons. The second-order valence-electron chi connectivity index (χ2n) is 2.82. The topological polar surface area (TPSA) is 41.8 Å². The first kappa shape index (κ1) is 7.86. The highest BCUT2D eigenvalue weighted by molar-refractivity contribution is 6.16. The highest BCUT2D eigenvalue weighted by Gasteiger charge is 2.11. The summed E-state index contributed by atoms with van der Waals surface area (Å²) in [5.41, 5.74) is 2.65. The number of hydrogen-bond acceptors (Lipinski definition) is 3. The van der Waals surface area contributed by atoms with Crippen molar-refractivity contribution in [3.63, 3.8) is 0 Å². The standard InChI is InChI=1S/C10H8N2O/c13-7-8-1-2-10-9(5-8)6-11-3-4-12-10/h1-4,6-7H,5H2. The van der Waals surface area contributed by atoms with Crippen LogP contribution in [0.2, 0.25) is 0 Å². The van der Waals surface area contributed by atoms with Crippen LogP contribution >= 0.6 is 0 Å². The molecule has 0 radical (unpaired) electrons. The Labute approximate surface area is 75.9 Å². The van der Waals surface area contributed by atoms with Gasteiger partial charge in [-0.2, -0.15) is 0 Å². The molecule has 0 N–H and O–H groups in total. The quantitative estimate of drug-likeness (QED) is 0.552. The molecule has 1 aliphatic carbocycles. The average Bonchev–Trinajstić information content (AvgIpc) is 2.41. The summed E-state index contributed by atoms with van der Waals surface area (Å²) in [6.07, 6.45) is 10.2. The Hall–Kier alpha value is -1.77. The van der Waals surface area contributed by atoms with Crippen molar-refractivity contribution in [1.82, 2.24) is 0 Å². The number of aldehydes is 1. The lowest BCUT2D eigenvalue weighted by atomic mass is 9.99. The van der Waals surface area contributed by atoms with E-state index in [0.717, 1.165) is 23.1 Å². The molecular formula is C10H8N2O. The zero-order valence-corrected chi connectivity index (χ0v) is 6.97. The van der Waals surface area contributed by atoms with Gasteiger partial charge in [0.1, 0.15) is 6.29 Å². The molecule has 0 saturated carbocycles. The van der Waals surface area contributed by atoms with Crippen molar-refractivity contribution < 1.29 is 4.79 Å². The summed E-state index contributed by atoms with van der Waals surface area (Å²) in [6.45, 7) is 0. The molecule has 2 rings (SSSR count). The largest absolute Gasteiger partial charge is 0.298 e. The summed E-state index contributed by atoms with van der Waals surface area (Å²) in [6, 6.07) is 0. The van der Waals surface area contributed by atoms with Gasteiger partial charge in [0.05, 0.1) is 5.70 Å². The molecule has 3 heteroatoms. The van der Waals surface area contributed by atoms with E-state index in [2.05, 4.69) is 9.98 Å². The molecule has 0 aromatic rings. The van der Waals surface area contributed by atoms with Crippen molar-refractivity contribution in [3.05, 3.63) is 35.2 Å². The summed E-state index contributed by atoms with van der Waals surface area (Å²) in [5.74, 6) is 0. The van der Waals surface area contributed by atoms with E-state index in [1.165, 1.54) is 0 Å². The van der Waals surface area contributed by atoms with Gasteiger partial charge in [0, 0.05) is 30.6 Å². The number of allylic oxidation sites excluding steroid dienone is 4. The number of rotatable bonds is 1. The highest BCUT2D eigenvalue weighted by Crippen LogP contribution is 2.24. The first-order chi connectivity index (χ1) is 6.40. The molecule has 0 atom stereocenters. The molecule has 0 saturated heterocycles. The summed E-state index contributed by atoms with van der Waals surface area (Å²) in [7, 11) is 0. The van der Waals surface area contributed by atoms with Crippen LogP contribution in [0.25, 0.3) is 0 Å². The van der Waals surface area contributed by atoms with Gasteiger partial charge >= 0.3 is 0 Å². The Kier molecular flexibility index (Phi) is 2.00. The van der Waals surface area contributed by atoms with E-state index in [1.807, 2.05) is 6.08 Å². The van der Waals surface area contributed by atoms with Crippen LogP contribution in [0.1, 0.15) is 6.42 Å². The van der Waals surface area contributed by atoms with Gasteiger partial charge < -0.3 is 0 Å². The van der Waals surface area contributed by atoms with E-state index in [1.54, 1.807) is 24.7 Å². The van der Waals surface area contributed by atoms with Crippen LogP contribution in [0.3, 0.4) is 0 Å². The Morgan fingerprint density at radius 1 is 1.31 bits per heavy atom. The molecule has 0 amide bonds. The van der Waals surface area contributed by atoms with E-state index in [-0.39, 0.29) is 0 Å². The summed E-state index contributed by atoms with van der Waals surface area (Å²) in [4.78, 5) is 18.7. The fourth-order valence-electron chi connectivity index (χ4n) is 1.27. The summed E-state index contributed by atoms with van der Waals surface area (Å²) < 4.78 is 0. The number of carbonyl (C=O) groups is 1. The molecule has 0 aromatic heterocycles. The lowest BCUT2D eigenvalue weighted by Gasteiger charge is -2.09. The number of hydrogen-bond donors (Lipinski definition) is 0. The van der Waals surface area contributed by atoms with Crippen molar-refractivity contribution in [2.75, 3.05) is 0 Å². The van der Waals surface area contributed by atoms with Crippen LogP contribution < -0.4 is 0 Å². The average molecular weight is 172 g/mol. The number of fused-ring (bicyclic) bond motifs is 1. The summed E-state index contributed by atoms with van der Waals surface area (Å²) >= 11 is 0. The molecule has 1 aliphatic heterocycles. The van der Waals surface area contributed by atoms with Gasteiger partial charge in [-0.1, -0.05) is 6.08 Å². The monoisotopic (exact) mass is 172 g/mol. The molecule has 0 spiro atoms. The maximum Gasteiger partial charge on any atom is 0.146 e. The van der Waals surface area contributed by atoms with Crippen molar-refractivity contribution in [2.24, 2.45) is 9.98 Å². The van der Waals surface area contributed by atoms with Crippen LogP contribution in [0, 0.1) is 0 Å². The normalized spacial score (nSPS) is 19.5. The van der Waals surface area contributed by atoms with Gasteiger partial charge in [-0.05, 0) is 11.6 Å². The first-order valence-corrected chi connectivity index (χ1v) is 4.01. The third-order valence-electron chi connectivity index (χ3n) is 1.93. The Bertz CT molecular complexity index is 384. The minimum absolute atomic E-state index is 0.629. The lowest BCUT2D eigenvalue weighted by molar-refractivity contribution is -0.105. The summed E-state index contributed by atoms with van der Waals surface area (Å²) in [5, 5.41) is 0. The second kappa shape index (κ2) is 3.31. The van der Waals surface area contributed by atoms with Gasteiger partial charge in [-0.25, -0.2) is 0 Å². The van der Waals surface area contributed by atoms with Crippen molar-refractivity contribution in [2.45, 2.75) is 6.42 Å². The van der Waals surface area contributed by atoms with Crippen LogP contribution in [-0.2, 0) is 4.79 Å². The fourth-order valence-corrected chi connectivity index (χ4v) is 1.27. The highest BCUT2D eigenvalue weighted by atomic mass is 16.1. The first-order valence-electron chi connectivity index (χ1n) is 4.01. The molecule has 0 bridgehead atoms. The third kappa shape index (κ3) is 1.54. The molecule has 1 heterocycles. The molecule has 0 unspecified atom stereocenters. The van der Waals surface area contributed by atoms with E-state index in [0.29, 0.717) is 6.42 Å². The van der Waals surface area contributed by atoms with Gasteiger partial charge in [0.15, 0.2) is 0 Å². The van der Waals surface area contributed by atoms with Crippen LogP contribution in [-0.4, -0.2) is 18.7 Å². The van der Waals surface area contributed by atoms with Gasteiger partial charge in [0.25, 0.3) is 0 Å². The Morgan fingerprint density at radius 2 is 2.23 bits per heavy atom. The lowest BCUT2D eigenvalue weighted by Crippen LogP contribution is -1.96. The van der Waals surface area contributed by atoms with E-state index >= 15 is 0 Å². The smallest absolute Gasteiger partial charge is 0.146 e. The van der Waals surface area contributed by atoms with E-state index in [9.17, 15) is 4.79 Å². The third-order valence-corrected chi connectivity index (χ3v) is 1.93. The van der Waals surface area contributed by atoms with E-state index < -0.39 is 0 Å². The number of carbonyl (C=O) groups excluding carboxylic acids is 1. The van der Waals surface area contributed by atoms with Crippen LogP contribution in [0.4, 0.5) is 0 Å². The fraction of sp³-hybridized carbons (Fsp3) is 0.100. The molecule has 0 fully saturated rings. The second-order valence-corrected chi connectivity index (χ2v) is 2.82. The van der Waals surface area contributed by atoms with Crippen molar-refractivity contribution in [3.8, 4) is 0 Å². The van der Waals surface area contributed by atoms with Gasteiger partial charge in [0.2, 0.25) is 0 Å². The predicted molar refractivity (Wildman–Crippen MR) is 51.9 cm³/mol. The Balaban J connectivity index is 2.40. The molecule has 3 nitrogen and oxygen atoms in total. The van der Waals surface area contributed by atoms with Crippen molar-refractivity contribution >= 4 is 18.7 Å². The van der Waals surface area contributed by atoms with Crippen molar-refractivity contribution in [1.29, 1.82) is 0 Å². The zero-order valence-electron chi connectivity index (χ0n) is 6.97. The van der Waals surface area contributed by atoms with E-state index in [4.69, 9.17) is 0 Å². The van der Waals surface area contributed by atoms with Crippen LogP contribution in [0.15, 0.2) is 45.2 Å². The maximum absolute atomic E-state index is 10.5. The number of nitrogens with zero attached hydrogens (tertiary/aromatic N) is 2. The number of aliphatic imine (C=N–C) groups is 2. The minimum Gasteiger partial charge on any atom is -0.298 e. The SMILES string of the molecule is O=CC1=CC=C2N=CC=NC=C2C1. The van der Waals surface area contributed by atoms with Gasteiger partial charge in [-0.3, -0.25) is 14.8 Å². The van der Waals surface area contributed by atoms with Gasteiger partial charge in [-0.15, -0.1) is 0 Å². The maximum atomic E-state index is 10.5. The molecular weight excluding hydrogens is 164 g/mol. The molecule has 2 aliphatic rings. The van der Waals surface area contributed by atoms with Crippen LogP contribution in [0.5, 0.6) is 0 Å². The molecule has 13 heavy (non-hydrogen) atoms. The minimum atomic E-state index is 0.629.